The Labute approximate surface area is 129 Å². The minimum absolute atomic E-state index is 0.0507. The molecule has 1 aliphatic heterocycles. The number of fused-ring (bicyclic) bond motifs is 5. The summed E-state index contributed by atoms with van der Waals surface area (Å²) in [5, 5.41) is 10.7. The Morgan fingerprint density at radius 1 is 1.27 bits per heavy atom. The van der Waals surface area contributed by atoms with Crippen molar-refractivity contribution >= 4 is 21.9 Å². The van der Waals surface area contributed by atoms with Gasteiger partial charge in [-0.3, -0.25) is 4.98 Å². The van der Waals surface area contributed by atoms with Crippen molar-refractivity contribution in [2.75, 3.05) is 19.8 Å². The molecule has 0 fully saturated rings. The fourth-order valence-electron chi connectivity index (χ4n) is 2.93. The number of aliphatic hydroxyl groups excluding tert-OH is 1. The maximum atomic E-state index is 9.67. The molecule has 1 aromatic carbocycles. The van der Waals surface area contributed by atoms with Crippen molar-refractivity contribution in [3.63, 3.8) is 0 Å². The molecule has 3 heterocycles. The quantitative estimate of drug-likeness (QED) is 0.750. The van der Waals surface area contributed by atoms with Crippen LogP contribution in [-0.4, -0.2) is 39.5 Å². The van der Waals surface area contributed by atoms with E-state index >= 15 is 0 Å². The number of pyridine rings is 1. The van der Waals surface area contributed by atoms with E-state index in [1.54, 1.807) is 0 Å². The SMILES string of the molecule is CC.OC[C@H]1COCCc2nc3cnc4ccccc4c3n21. The molecule has 0 amide bonds. The molecule has 22 heavy (non-hydrogen) atoms. The van der Waals surface area contributed by atoms with Crippen molar-refractivity contribution in [1.29, 1.82) is 0 Å². The molecule has 0 unspecified atom stereocenters. The van der Waals surface area contributed by atoms with Gasteiger partial charge >= 0.3 is 0 Å². The molecule has 4 rings (SSSR count). The molecular weight excluding hydrogens is 278 g/mol. The van der Waals surface area contributed by atoms with E-state index in [4.69, 9.17) is 4.74 Å². The van der Waals surface area contributed by atoms with Gasteiger partial charge < -0.3 is 14.4 Å². The van der Waals surface area contributed by atoms with Crippen LogP contribution in [0, 0.1) is 0 Å². The van der Waals surface area contributed by atoms with Gasteiger partial charge in [0.1, 0.15) is 11.3 Å². The molecule has 1 atom stereocenters. The van der Waals surface area contributed by atoms with Crippen LogP contribution in [0.1, 0.15) is 25.7 Å². The lowest BCUT2D eigenvalue weighted by Gasteiger charge is -2.16. The highest BCUT2D eigenvalue weighted by Crippen LogP contribution is 2.29. The van der Waals surface area contributed by atoms with Crippen molar-refractivity contribution in [2.24, 2.45) is 0 Å². The Kier molecular flexibility index (Phi) is 4.36. The number of aromatic nitrogens is 3. The van der Waals surface area contributed by atoms with Crippen molar-refractivity contribution < 1.29 is 9.84 Å². The number of para-hydroxylation sites is 1. The second-order valence-corrected chi connectivity index (χ2v) is 5.07. The summed E-state index contributed by atoms with van der Waals surface area (Å²) in [6.07, 6.45) is 2.58. The number of benzene rings is 1. The summed E-state index contributed by atoms with van der Waals surface area (Å²) in [4.78, 5) is 9.13. The van der Waals surface area contributed by atoms with E-state index in [0.29, 0.717) is 13.2 Å². The summed E-state index contributed by atoms with van der Waals surface area (Å²) >= 11 is 0. The number of imidazole rings is 1. The number of nitrogens with zero attached hydrogens (tertiary/aromatic N) is 3. The maximum Gasteiger partial charge on any atom is 0.112 e. The first-order valence-corrected chi connectivity index (χ1v) is 7.81. The lowest BCUT2D eigenvalue weighted by molar-refractivity contribution is 0.0930. The van der Waals surface area contributed by atoms with E-state index in [1.165, 1.54) is 0 Å². The third kappa shape index (κ3) is 2.36. The van der Waals surface area contributed by atoms with Gasteiger partial charge in [-0.05, 0) is 6.07 Å². The largest absolute Gasteiger partial charge is 0.394 e. The molecule has 5 heteroatoms. The summed E-state index contributed by atoms with van der Waals surface area (Å²) in [7, 11) is 0. The van der Waals surface area contributed by atoms with Crippen LogP contribution in [-0.2, 0) is 11.2 Å². The van der Waals surface area contributed by atoms with Crippen LogP contribution < -0.4 is 0 Å². The van der Waals surface area contributed by atoms with E-state index in [-0.39, 0.29) is 12.6 Å². The molecular formula is C17H21N3O2. The van der Waals surface area contributed by atoms with Crippen LogP contribution in [0.4, 0.5) is 0 Å². The Hall–Kier alpha value is -1.98. The molecule has 0 saturated heterocycles. The van der Waals surface area contributed by atoms with Gasteiger partial charge in [-0.2, -0.15) is 0 Å². The molecule has 0 radical (unpaired) electrons. The molecule has 1 N–H and O–H groups in total. The lowest BCUT2D eigenvalue weighted by atomic mass is 10.2. The van der Waals surface area contributed by atoms with Crippen LogP contribution in [0.2, 0.25) is 0 Å². The first-order chi connectivity index (χ1) is 10.9. The minimum atomic E-state index is -0.0803. The second kappa shape index (κ2) is 6.42. The van der Waals surface area contributed by atoms with Crippen LogP contribution in [0.15, 0.2) is 30.5 Å². The van der Waals surface area contributed by atoms with Crippen molar-refractivity contribution in [3.8, 4) is 0 Å². The van der Waals surface area contributed by atoms with Crippen molar-refractivity contribution in [2.45, 2.75) is 26.3 Å². The molecule has 0 saturated carbocycles. The number of hydrogen-bond donors (Lipinski definition) is 1. The lowest BCUT2D eigenvalue weighted by Crippen LogP contribution is -2.18. The van der Waals surface area contributed by atoms with Crippen LogP contribution in [0.25, 0.3) is 21.9 Å². The summed E-state index contributed by atoms with van der Waals surface area (Å²) in [5.74, 6) is 0.967. The molecule has 3 aromatic rings. The van der Waals surface area contributed by atoms with E-state index in [0.717, 1.165) is 34.2 Å². The Bertz CT molecular complexity index is 782. The molecule has 5 nitrogen and oxygen atoms in total. The number of aliphatic hydroxyl groups is 1. The highest BCUT2D eigenvalue weighted by atomic mass is 16.5. The van der Waals surface area contributed by atoms with Crippen LogP contribution in [0.5, 0.6) is 0 Å². The fraction of sp³-hybridized carbons (Fsp3) is 0.412. The van der Waals surface area contributed by atoms with Gasteiger partial charge in [0.2, 0.25) is 0 Å². The third-order valence-corrected chi connectivity index (χ3v) is 3.85. The topological polar surface area (TPSA) is 60.2 Å². The van der Waals surface area contributed by atoms with Gasteiger partial charge in [0.25, 0.3) is 0 Å². The Balaban J connectivity index is 0.000000693. The van der Waals surface area contributed by atoms with Gasteiger partial charge in [0, 0.05) is 11.8 Å². The van der Waals surface area contributed by atoms with Crippen LogP contribution in [0.3, 0.4) is 0 Å². The zero-order chi connectivity index (χ0) is 15.5. The average molecular weight is 299 g/mol. The molecule has 0 bridgehead atoms. The predicted octanol–water partition coefficient (Wildman–Crippen LogP) is 2.72. The number of hydrogen-bond acceptors (Lipinski definition) is 4. The highest BCUT2D eigenvalue weighted by Gasteiger charge is 2.23. The van der Waals surface area contributed by atoms with Crippen molar-refractivity contribution in [3.05, 3.63) is 36.3 Å². The minimum Gasteiger partial charge on any atom is -0.394 e. The van der Waals surface area contributed by atoms with E-state index in [2.05, 4.69) is 20.6 Å². The first kappa shape index (κ1) is 14.9. The normalized spacial score (nSPS) is 17.7. The molecule has 2 aromatic heterocycles. The fourth-order valence-corrected chi connectivity index (χ4v) is 2.93. The molecule has 0 aliphatic carbocycles. The van der Waals surface area contributed by atoms with E-state index in [1.807, 2.05) is 38.2 Å². The zero-order valence-electron chi connectivity index (χ0n) is 13.0. The summed E-state index contributed by atoms with van der Waals surface area (Å²) in [6.45, 7) is 5.21. The monoisotopic (exact) mass is 299 g/mol. The average Bonchev–Trinajstić information content (AvgIpc) is 2.84. The van der Waals surface area contributed by atoms with Gasteiger partial charge in [-0.25, -0.2) is 4.98 Å². The number of ether oxygens (including phenoxy) is 1. The van der Waals surface area contributed by atoms with Gasteiger partial charge in [0.05, 0.1) is 43.1 Å². The smallest absolute Gasteiger partial charge is 0.112 e. The van der Waals surface area contributed by atoms with E-state index in [9.17, 15) is 5.11 Å². The van der Waals surface area contributed by atoms with Crippen molar-refractivity contribution in [1.82, 2.24) is 14.5 Å². The van der Waals surface area contributed by atoms with Gasteiger partial charge in [-0.1, -0.05) is 32.0 Å². The Morgan fingerprint density at radius 2 is 2.09 bits per heavy atom. The van der Waals surface area contributed by atoms with Gasteiger partial charge in [0.15, 0.2) is 0 Å². The highest BCUT2D eigenvalue weighted by molar-refractivity contribution is 6.02. The molecule has 0 spiro atoms. The molecule has 116 valence electrons. The summed E-state index contributed by atoms with van der Waals surface area (Å²) in [5.41, 5.74) is 2.89. The van der Waals surface area contributed by atoms with Gasteiger partial charge in [-0.15, -0.1) is 0 Å². The Morgan fingerprint density at radius 3 is 2.91 bits per heavy atom. The zero-order valence-corrected chi connectivity index (χ0v) is 13.0. The second-order valence-electron chi connectivity index (χ2n) is 5.07. The number of rotatable bonds is 1. The third-order valence-electron chi connectivity index (χ3n) is 3.85. The van der Waals surface area contributed by atoms with Crippen LogP contribution >= 0.6 is 0 Å². The maximum absolute atomic E-state index is 9.67. The predicted molar refractivity (Wildman–Crippen MR) is 87.0 cm³/mol. The molecule has 1 aliphatic rings. The standard InChI is InChI=1S/C15H15N3O2.C2H6/c19-8-10-9-20-6-5-14-17-13-7-16-12-4-2-1-3-11(12)15(13)18(10)14;1-2/h1-4,7,10,19H,5-6,8-9H2;1-2H3/t10-;/m0./s1. The summed E-state index contributed by atoms with van der Waals surface area (Å²) < 4.78 is 7.69. The first-order valence-electron chi connectivity index (χ1n) is 7.81. The summed E-state index contributed by atoms with van der Waals surface area (Å²) in [6, 6.07) is 7.96. The van der Waals surface area contributed by atoms with E-state index < -0.39 is 0 Å².